The van der Waals surface area contributed by atoms with Crippen molar-refractivity contribution in [1.29, 1.82) is 0 Å². The summed E-state index contributed by atoms with van der Waals surface area (Å²) in [5.74, 6) is -2.25. The van der Waals surface area contributed by atoms with Gasteiger partial charge in [0.25, 0.3) is 17.7 Å². The fourth-order valence-corrected chi connectivity index (χ4v) is 6.26. The summed E-state index contributed by atoms with van der Waals surface area (Å²) in [5, 5.41) is 0.877. The summed E-state index contributed by atoms with van der Waals surface area (Å²) >= 11 is 0. The Kier molecular flexibility index (Phi) is 6.26. The van der Waals surface area contributed by atoms with E-state index in [9.17, 15) is 18.4 Å². The first-order chi connectivity index (χ1) is 17.4. The number of aromatic nitrogens is 1. The molecule has 4 fully saturated rings. The zero-order valence-electron chi connectivity index (χ0n) is 20.9. The van der Waals surface area contributed by atoms with E-state index in [1.807, 2.05) is 29.2 Å². The van der Waals surface area contributed by atoms with E-state index in [0.717, 1.165) is 69.3 Å². The quantitative estimate of drug-likeness (QED) is 0.584. The van der Waals surface area contributed by atoms with Gasteiger partial charge < -0.3 is 19.3 Å². The fraction of sp³-hybridized carbons (Fsp3) is 0.643. The highest BCUT2D eigenvalue weighted by molar-refractivity contribution is 6.02. The molecule has 0 bridgehead atoms. The third-order valence-electron chi connectivity index (χ3n) is 8.59. The van der Waals surface area contributed by atoms with Crippen LogP contribution in [0.2, 0.25) is 0 Å². The summed E-state index contributed by atoms with van der Waals surface area (Å²) in [4.78, 5) is 33.1. The molecule has 194 valence electrons. The molecule has 4 heterocycles. The van der Waals surface area contributed by atoms with Gasteiger partial charge in [0.1, 0.15) is 5.69 Å². The third kappa shape index (κ3) is 4.76. The molecule has 36 heavy (non-hydrogen) atoms. The first-order valence-electron chi connectivity index (χ1n) is 13.7. The molecule has 2 aromatic rings. The van der Waals surface area contributed by atoms with Gasteiger partial charge in [-0.3, -0.25) is 9.59 Å². The number of hydrogen-bond acceptors (Lipinski definition) is 3. The maximum atomic E-state index is 13.7. The van der Waals surface area contributed by atoms with E-state index in [0.29, 0.717) is 17.2 Å². The molecule has 0 radical (unpaired) electrons. The van der Waals surface area contributed by atoms with Gasteiger partial charge in [-0.15, -0.1) is 0 Å². The fourth-order valence-electron chi connectivity index (χ4n) is 6.26. The minimum Gasteiger partial charge on any atom is -0.337 e. The van der Waals surface area contributed by atoms with E-state index < -0.39 is 5.92 Å². The normalized spacial score (nSPS) is 24.7. The van der Waals surface area contributed by atoms with Crippen LogP contribution in [-0.4, -0.2) is 82.3 Å². The van der Waals surface area contributed by atoms with Gasteiger partial charge in [-0.05, 0) is 81.8 Å². The predicted molar refractivity (Wildman–Crippen MR) is 134 cm³/mol. The van der Waals surface area contributed by atoms with Crippen LogP contribution in [0, 0.1) is 5.92 Å². The summed E-state index contributed by atoms with van der Waals surface area (Å²) in [7, 11) is 0. The number of fused-ring (bicyclic) bond motifs is 1. The number of carbonyl (C=O) groups excluding carboxylic acids is 2. The Morgan fingerprint density at radius 1 is 0.861 bits per heavy atom. The first kappa shape index (κ1) is 23.9. The molecule has 3 saturated heterocycles. The largest absolute Gasteiger partial charge is 0.337 e. The highest BCUT2D eigenvalue weighted by Gasteiger charge is 2.37. The molecular formula is C28H36F2N4O2. The van der Waals surface area contributed by atoms with Crippen molar-refractivity contribution in [2.24, 2.45) is 5.92 Å². The molecule has 8 heteroatoms. The van der Waals surface area contributed by atoms with E-state index in [4.69, 9.17) is 0 Å². The zero-order valence-corrected chi connectivity index (χ0v) is 20.9. The van der Waals surface area contributed by atoms with Crippen LogP contribution in [0.25, 0.3) is 10.9 Å². The minimum atomic E-state index is -2.69. The molecular weight excluding hydrogens is 462 g/mol. The lowest BCUT2D eigenvalue weighted by atomic mass is 10.1. The number of carbonyl (C=O) groups is 2. The maximum absolute atomic E-state index is 13.7. The molecule has 1 atom stereocenters. The second kappa shape index (κ2) is 9.43. The van der Waals surface area contributed by atoms with Gasteiger partial charge in [-0.25, -0.2) is 8.78 Å². The number of nitrogens with zero attached hydrogens (tertiary/aromatic N) is 4. The number of piperidine rings is 1. The Morgan fingerprint density at radius 3 is 2.33 bits per heavy atom. The van der Waals surface area contributed by atoms with Gasteiger partial charge in [0.15, 0.2) is 0 Å². The second-order valence-electron chi connectivity index (χ2n) is 11.3. The highest BCUT2D eigenvalue weighted by Crippen LogP contribution is 2.35. The van der Waals surface area contributed by atoms with Crippen molar-refractivity contribution in [3.63, 3.8) is 0 Å². The van der Waals surface area contributed by atoms with Gasteiger partial charge >= 0.3 is 0 Å². The summed E-state index contributed by atoms with van der Waals surface area (Å²) in [5.41, 5.74) is 2.16. The van der Waals surface area contributed by atoms with Crippen molar-refractivity contribution in [2.45, 2.75) is 69.9 Å². The van der Waals surface area contributed by atoms with Crippen LogP contribution < -0.4 is 0 Å². The number of amides is 2. The van der Waals surface area contributed by atoms with Crippen molar-refractivity contribution >= 4 is 22.7 Å². The van der Waals surface area contributed by atoms with Crippen LogP contribution in [0.5, 0.6) is 0 Å². The highest BCUT2D eigenvalue weighted by atomic mass is 19.3. The molecule has 6 rings (SSSR count). The van der Waals surface area contributed by atoms with Crippen LogP contribution in [-0.2, 0) is 6.54 Å². The average molecular weight is 499 g/mol. The Labute approximate surface area is 211 Å². The van der Waals surface area contributed by atoms with Crippen molar-refractivity contribution in [3.8, 4) is 0 Å². The lowest BCUT2D eigenvalue weighted by Crippen LogP contribution is -2.43. The second-order valence-corrected chi connectivity index (χ2v) is 11.3. The lowest BCUT2D eigenvalue weighted by molar-refractivity contribution is -0.0495. The molecule has 2 amide bonds. The number of alkyl halides is 2. The summed E-state index contributed by atoms with van der Waals surface area (Å²) < 4.78 is 29.4. The lowest BCUT2D eigenvalue weighted by Gasteiger charge is -2.32. The number of benzene rings is 1. The number of halogens is 2. The maximum Gasteiger partial charge on any atom is 0.270 e. The SMILES string of the molecule is O=C(c1cc2cc(C(=O)N3CCCC3CN3CCCC3)ccc2n1CC1CC1)N1CCC(F)(F)CC1. The van der Waals surface area contributed by atoms with Crippen LogP contribution >= 0.6 is 0 Å². The van der Waals surface area contributed by atoms with Crippen molar-refractivity contribution in [3.05, 3.63) is 35.5 Å². The number of hydrogen-bond donors (Lipinski definition) is 0. The van der Waals surface area contributed by atoms with Gasteiger partial charge in [0.2, 0.25) is 0 Å². The molecule has 1 unspecified atom stereocenters. The molecule has 3 aliphatic heterocycles. The standard InChI is InChI=1S/C28H36F2N4O2/c29-28(30)9-14-32(15-10-28)27(36)25-17-22-16-21(7-8-24(22)34(25)18-20-5-6-20)26(35)33-13-3-4-23(33)19-31-11-1-2-12-31/h7-8,16-17,20,23H,1-6,9-15,18-19H2. The monoisotopic (exact) mass is 498 g/mol. The van der Waals surface area contributed by atoms with Crippen molar-refractivity contribution < 1.29 is 18.4 Å². The van der Waals surface area contributed by atoms with Crippen LogP contribution in [0.15, 0.2) is 24.3 Å². The third-order valence-corrected chi connectivity index (χ3v) is 8.59. The smallest absolute Gasteiger partial charge is 0.270 e. The van der Waals surface area contributed by atoms with E-state index in [2.05, 4.69) is 9.47 Å². The topological polar surface area (TPSA) is 48.8 Å². The van der Waals surface area contributed by atoms with Gasteiger partial charge in [-0.2, -0.15) is 0 Å². The van der Waals surface area contributed by atoms with E-state index in [1.54, 1.807) is 4.90 Å². The van der Waals surface area contributed by atoms with Crippen molar-refractivity contribution in [2.75, 3.05) is 39.3 Å². The van der Waals surface area contributed by atoms with E-state index >= 15 is 0 Å². The molecule has 0 N–H and O–H groups in total. The summed E-state index contributed by atoms with van der Waals surface area (Å²) in [6, 6.07) is 7.93. The molecule has 1 aromatic carbocycles. The molecule has 1 aromatic heterocycles. The van der Waals surface area contributed by atoms with Crippen molar-refractivity contribution in [1.82, 2.24) is 19.3 Å². The Balaban J connectivity index is 1.25. The number of likely N-dealkylation sites (tertiary alicyclic amines) is 3. The summed E-state index contributed by atoms with van der Waals surface area (Å²) in [6.07, 6.45) is 6.31. The Hall–Kier alpha value is -2.48. The molecule has 4 aliphatic rings. The molecule has 0 spiro atoms. The van der Waals surface area contributed by atoms with Crippen LogP contribution in [0.3, 0.4) is 0 Å². The molecule has 1 saturated carbocycles. The summed E-state index contributed by atoms with van der Waals surface area (Å²) in [6.45, 7) is 4.92. The zero-order chi connectivity index (χ0) is 24.9. The minimum absolute atomic E-state index is 0.0691. The average Bonchev–Trinajstić information content (AvgIpc) is 3.22. The van der Waals surface area contributed by atoms with Crippen LogP contribution in [0.4, 0.5) is 8.78 Å². The predicted octanol–water partition coefficient (Wildman–Crippen LogP) is 4.62. The van der Waals surface area contributed by atoms with Gasteiger partial charge in [-0.1, -0.05) is 0 Å². The van der Waals surface area contributed by atoms with Gasteiger partial charge in [0.05, 0.1) is 0 Å². The van der Waals surface area contributed by atoms with E-state index in [1.165, 1.54) is 12.8 Å². The Bertz CT molecular complexity index is 1140. The first-order valence-corrected chi connectivity index (χ1v) is 13.7. The molecule has 1 aliphatic carbocycles. The Morgan fingerprint density at radius 2 is 1.61 bits per heavy atom. The number of rotatable bonds is 6. The molecule has 6 nitrogen and oxygen atoms in total. The van der Waals surface area contributed by atoms with Gasteiger partial charge in [0, 0.05) is 68.1 Å². The van der Waals surface area contributed by atoms with Crippen LogP contribution in [0.1, 0.15) is 72.2 Å². The van der Waals surface area contributed by atoms with E-state index in [-0.39, 0.29) is 43.8 Å².